The van der Waals surface area contributed by atoms with Crippen molar-refractivity contribution in [2.45, 2.75) is 6.54 Å². The molecule has 0 saturated carbocycles. The zero-order valence-electron chi connectivity index (χ0n) is 12.5. The standard InChI is InChI=1S/C20H15NO2/c22-20-21(13-15-6-2-1-3-7-15)14-19(23-20)18-11-10-16-8-4-5-9-17(16)12-18/h1-12,14H,13H2. The Kier molecular flexibility index (Phi) is 3.31. The molecule has 0 aliphatic carbocycles. The molecule has 0 aliphatic heterocycles. The van der Waals surface area contributed by atoms with Gasteiger partial charge in [-0.3, -0.25) is 4.57 Å². The third kappa shape index (κ3) is 2.69. The van der Waals surface area contributed by atoms with Gasteiger partial charge in [0.05, 0.1) is 12.7 Å². The van der Waals surface area contributed by atoms with Crippen molar-refractivity contribution in [1.29, 1.82) is 0 Å². The normalized spacial score (nSPS) is 11.0. The fourth-order valence-corrected chi connectivity index (χ4v) is 2.74. The van der Waals surface area contributed by atoms with Crippen LogP contribution in [0.4, 0.5) is 0 Å². The van der Waals surface area contributed by atoms with Crippen molar-refractivity contribution in [3.63, 3.8) is 0 Å². The van der Waals surface area contributed by atoms with Crippen LogP contribution in [0.1, 0.15) is 5.56 Å². The average Bonchev–Trinajstić information content (AvgIpc) is 2.96. The lowest BCUT2D eigenvalue weighted by molar-refractivity contribution is 0.497. The van der Waals surface area contributed by atoms with Crippen molar-refractivity contribution in [3.8, 4) is 11.3 Å². The second-order valence-electron chi connectivity index (χ2n) is 5.54. The Morgan fingerprint density at radius 2 is 1.57 bits per heavy atom. The maximum absolute atomic E-state index is 12.1. The van der Waals surface area contributed by atoms with Gasteiger partial charge in [-0.05, 0) is 22.4 Å². The Balaban J connectivity index is 1.71. The number of fused-ring (bicyclic) bond motifs is 1. The van der Waals surface area contributed by atoms with E-state index in [4.69, 9.17) is 4.42 Å². The summed E-state index contributed by atoms with van der Waals surface area (Å²) in [7, 11) is 0. The smallest absolute Gasteiger partial charge is 0.408 e. The Morgan fingerprint density at radius 3 is 2.39 bits per heavy atom. The zero-order chi connectivity index (χ0) is 15.6. The van der Waals surface area contributed by atoms with Crippen molar-refractivity contribution in [2.75, 3.05) is 0 Å². The molecule has 0 aliphatic rings. The van der Waals surface area contributed by atoms with E-state index in [1.165, 1.54) is 5.39 Å². The van der Waals surface area contributed by atoms with E-state index >= 15 is 0 Å². The molecule has 4 aromatic rings. The van der Waals surface area contributed by atoms with E-state index in [2.05, 4.69) is 12.1 Å². The predicted molar refractivity (Wildman–Crippen MR) is 91.5 cm³/mol. The molecule has 3 aromatic carbocycles. The van der Waals surface area contributed by atoms with Crippen molar-refractivity contribution in [2.24, 2.45) is 0 Å². The van der Waals surface area contributed by atoms with Gasteiger partial charge in [-0.2, -0.15) is 0 Å². The fraction of sp³-hybridized carbons (Fsp3) is 0.0500. The molecule has 0 radical (unpaired) electrons. The molecule has 4 rings (SSSR count). The van der Waals surface area contributed by atoms with Gasteiger partial charge in [0, 0.05) is 5.56 Å². The summed E-state index contributed by atoms with van der Waals surface area (Å²) in [5.41, 5.74) is 1.98. The van der Waals surface area contributed by atoms with Crippen LogP contribution in [0, 0.1) is 0 Å². The quantitative estimate of drug-likeness (QED) is 0.565. The summed E-state index contributed by atoms with van der Waals surface area (Å²) in [6.45, 7) is 0.511. The van der Waals surface area contributed by atoms with E-state index in [1.807, 2.05) is 60.7 Å². The molecule has 23 heavy (non-hydrogen) atoms. The summed E-state index contributed by atoms with van der Waals surface area (Å²) in [6, 6.07) is 24.1. The Bertz CT molecular complexity index is 1010. The van der Waals surface area contributed by atoms with Crippen molar-refractivity contribution < 1.29 is 4.42 Å². The maximum Gasteiger partial charge on any atom is 0.419 e. The Labute approximate surface area is 133 Å². The summed E-state index contributed by atoms with van der Waals surface area (Å²) in [4.78, 5) is 12.1. The van der Waals surface area contributed by atoms with E-state index in [9.17, 15) is 4.79 Å². The summed E-state index contributed by atoms with van der Waals surface area (Å²) >= 11 is 0. The van der Waals surface area contributed by atoms with Gasteiger partial charge in [0.15, 0.2) is 5.76 Å². The predicted octanol–water partition coefficient (Wildman–Crippen LogP) is 4.31. The SMILES string of the molecule is O=c1oc(-c2ccc3ccccc3c2)cn1Cc1ccccc1. The second kappa shape index (κ2) is 5.61. The minimum Gasteiger partial charge on any atom is -0.408 e. The summed E-state index contributed by atoms with van der Waals surface area (Å²) in [6.07, 6.45) is 1.78. The maximum atomic E-state index is 12.1. The van der Waals surface area contributed by atoms with E-state index < -0.39 is 0 Å². The molecule has 0 atom stereocenters. The molecular weight excluding hydrogens is 286 g/mol. The zero-order valence-corrected chi connectivity index (χ0v) is 12.5. The Hall–Kier alpha value is -3.07. The van der Waals surface area contributed by atoms with E-state index in [0.717, 1.165) is 16.5 Å². The number of aromatic nitrogens is 1. The molecule has 0 saturated heterocycles. The van der Waals surface area contributed by atoms with Crippen molar-refractivity contribution >= 4 is 10.8 Å². The first-order valence-electron chi connectivity index (χ1n) is 7.53. The molecule has 1 heterocycles. The minimum absolute atomic E-state index is 0.336. The van der Waals surface area contributed by atoms with Crippen LogP contribution >= 0.6 is 0 Å². The second-order valence-corrected chi connectivity index (χ2v) is 5.54. The van der Waals surface area contributed by atoms with Crippen LogP contribution in [0.15, 0.2) is 88.2 Å². The highest BCUT2D eigenvalue weighted by Crippen LogP contribution is 2.23. The summed E-state index contributed by atoms with van der Waals surface area (Å²) < 4.78 is 7.03. The van der Waals surface area contributed by atoms with E-state index in [1.54, 1.807) is 10.8 Å². The molecule has 1 aromatic heterocycles. The van der Waals surface area contributed by atoms with E-state index in [-0.39, 0.29) is 5.76 Å². The van der Waals surface area contributed by atoms with Gasteiger partial charge in [-0.1, -0.05) is 66.7 Å². The first kappa shape index (κ1) is 13.6. The first-order chi connectivity index (χ1) is 11.3. The summed E-state index contributed by atoms with van der Waals surface area (Å²) in [5, 5.41) is 2.30. The highest BCUT2D eigenvalue weighted by molar-refractivity contribution is 5.86. The van der Waals surface area contributed by atoms with Gasteiger partial charge >= 0.3 is 5.76 Å². The van der Waals surface area contributed by atoms with Gasteiger partial charge in [-0.25, -0.2) is 4.79 Å². The van der Waals surface area contributed by atoms with Gasteiger partial charge < -0.3 is 4.42 Å². The molecule has 3 heteroatoms. The monoisotopic (exact) mass is 301 g/mol. The molecule has 0 bridgehead atoms. The first-order valence-corrected chi connectivity index (χ1v) is 7.53. The summed E-state index contributed by atoms with van der Waals surface area (Å²) in [5.74, 6) is 0.258. The van der Waals surface area contributed by atoms with Crippen LogP contribution in [-0.4, -0.2) is 4.57 Å². The lowest BCUT2D eigenvalue weighted by atomic mass is 10.1. The number of oxazole rings is 1. The average molecular weight is 301 g/mol. The molecule has 112 valence electrons. The van der Waals surface area contributed by atoms with Gasteiger partial charge in [0.2, 0.25) is 0 Å². The number of hydrogen-bond donors (Lipinski definition) is 0. The number of hydrogen-bond acceptors (Lipinski definition) is 2. The molecule has 0 spiro atoms. The van der Waals surface area contributed by atoms with Crippen LogP contribution in [0.25, 0.3) is 22.1 Å². The van der Waals surface area contributed by atoms with Gasteiger partial charge in [-0.15, -0.1) is 0 Å². The topological polar surface area (TPSA) is 35.1 Å². The molecule has 3 nitrogen and oxygen atoms in total. The lowest BCUT2D eigenvalue weighted by Gasteiger charge is -2.01. The fourth-order valence-electron chi connectivity index (χ4n) is 2.74. The molecule has 0 amide bonds. The van der Waals surface area contributed by atoms with Crippen LogP contribution in [0.2, 0.25) is 0 Å². The number of benzene rings is 3. The third-order valence-corrected chi connectivity index (χ3v) is 3.93. The highest BCUT2D eigenvalue weighted by atomic mass is 16.4. The highest BCUT2D eigenvalue weighted by Gasteiger charge is 2.09. The molecule has 0 N–H and O–H groups in total. The van der Waals surface area contributed by atoms with Gasteiger partial charge in [0.25, 0.3) is 0 Å². The number of rotatable bonds is 3. The molecular formula is C20H15NO2. The number of nitrogens with zero attached hydrogens (tertiary/aromatic N) is 1. The van der Waals surface area contributed by atoms with Crippen LogP contribution in [-0.2, 0) is 6.54 Å². The van der Waals surface area contributed by atoms with Crippen LogP contribution < -0.4 is 5.76 Å². The molecule has 0 fully saturated rings. The molecule has 0 unspecified atom stereocenters. The minimum atomic E-state index is -0.336. The van der Waals surface area contributed by atoms with Crippen molar-refractivity contribution in [1.82, 2.24) is 4.57 Å². The lowest BCUT2D eigenvalue weighted by Crippen LogP contribution is -2.13. The van der Waals surface area contributed by atoms with E-state index in [0.29, 0.717) is 12.3 Å². The largest absolute Gasteiger partial charge is 0.419 e. The van der Waals surface area contributed by atoms with Crippen LogP contribution in [0.5, 0.6) is 0 Å². The van der Waals surface area contributed by atoms with Crippen LogP contribution in [0.3, 0.4) is 0 Å². The third-order valence-electron chi connectivity index (χ3n) is 3.93. The van der Waals surface area contributed by atoms with Gasteiger partial charge in [0.1, 0.15) is 0 Å². The van der Waals surface area contributed by atoms with Crippen molar-refractivity contribution in [3.05, 3.63) is 95.1 Å². The Morgan fingerprint density at radius 1 is 0.826 bits per heavy atom.